The second-order valence-electron chi connectivity index (χ2n) is 12.1. The van der Waals surface area contributed by atoms with Crippen molar-refractivity contribution < 1.29 is 19.1 Å². The van der Waals surface area contributed by atoms with Gasteiger partial charge in [0, 0.05) is 0 Å². The normalized spacial score (nSPS) is 23.6. The first kappa shape index (κ1) is 28.1. The van der Waals surface area contributed by atoms with Gasteiger partial charge in [0.1, 0.15) is 18.3 Å². The minimum atomic E-state index is -0.715. The van der Waals surface area contributed by atoms with Gasteiger partial charge in [0.2, 0.25) is 0 Å². The van der Waals surface area contributed by atoms with E-state index in [1.165, 1.54) is 62.5 Å². The molecule has 2 fully saturated rings. The summed E-state index contributed by atoms with van der Waals surface area (Å²) in [6.45, 7) is 4.57. The topological polar surface area (TPSA) is 52.6 Å². The molecule has 0 amide bonds. The molecule has 3 aromatic rings. The molecule has 2 saturated carbocycles. The quantitative estimate of drug-likeness (QED) is 0.212. The minimum absolute atomic E-state index is 0.0811. The Morgan fingerprint density at radius 3 is 1.70 bits per heavy atom. The van der Waals surface area contributed by atoms with E-state index in [2.05, 4.69) is 38.1 Å². The molecule has 0 aromatic heterocycles. The Hall–Kier alpha value is -3.40. The number of hydrogen-bond donors (Lipinski definition) is 0. The highest BCUT2D eigenvalue weighted by atomic mass is 16.6. The van der Waals surface area contributed by atoms with Crippen molar-refractivity contribution in [1.82, 2.24) is 0 Å². The van der Waals surface area contributed by atoms with Gasteiger partial charge in [0.25, 0.3) is 0 Å². The highest BCUT2D eigenvalue weighted by molar-refractivity contribution is 5.90. The van der Waals surface area contributed by atoms with Gasteiger partial charge in [-0.05, 0) is 90.3 Å². The number of hydrogen-bond acceptors (Lipinski definition) is 4. The molecule has 5 rings (SSSR count). The zero-order chi connectivity index (χ0) is 27.9. The van der Waals surface area contributed by atoms with Crippen LogP contribution in [0.2, 0.25) is 0 Å². The number of rotatable bonds is 8. The summed E-state index contributed by atoms with van der Waals surface area (Å²) < 4.78 is 11.5. The van der Waals surface area contributed by atoms with Crippen LogP contribution in [0, 0.1) is 11.8 Å². The van der Waals surface area contributed by atoms with Gasteiger partial charge in [-0.2, -0.15) is 0 Å². The Balaban J connectivity index is 1.20. The third-order valence-electron chi connectivity index (χ3n) is 9.09. The van der Waals surface area contributed by atoms with Gasteiger partial charge < -0.3 is 9.47 Å². The van der Waals surface area contributed by atoms with Crippen molar-refractivity contribution >= 4 is 11.9 Å². The standard InChI is InChI=1S/C36H42O4/c1-25-8-12-27(13-9-25)29-16-18-32(19-17-29)35(37)39-24-34(31-6-4-3-5-7-31)36(38)40-33-22-20-30(21-23-33)28-14-10-26(2)11-15-28/h3-7,16-23,25-28,34H,8-15,24H2,1-2H3. The molecule has 0 radical (unpaired) electrons. The van der Waals surface area contributed by atoms with Crippen LogP contribution in [0.25, 0.3) is 0 Å². The van der Waals surface area contributed by atoms with Gasteiger partial charge in [0.05, 0.1) is 5.56 Å². The van der Waals surface area contributed by atoms with Crippen molar-refractivity contribution in [2.24, 2.45) is 11.8 Å². The minimum Gasteiger partial charge on any atom is -0.461 e. The molecular formula is C36H42O4. The van der Waals surface area contributed by atoms with E-state index in [1.54, 1.807) is 0 Å². The molecule has 1 unspecified atom stereocenters. The summed E-state index contributed by atoms with van der Waals surface area (Å²) >= 11 is 0. The van der Waals surface area contributed by atoms with Crippen molar-refractivity contribution in [2.45, 2.75) is 83.0 Å². The molecule has 0 heterocycles. The van der Waals surface area contributed by atoms with E-state index in [1.807, 2.05) is 54.6 Å². The van der Waals surface area contributed by atoms with Crippen LogP contribution in [0.5, 0.6) is 5.75 Å². The Labute approximate surface area is 239 Å². The number of ether oxygens (including phenoxy) is 2. The summed E-state index contributed by atoms with van der Waals surface area (Å²) in [4.78, 5) is 26.2. The van der Waals surface area contributed by atoms with Crippen LogP contribution in [0.4, 0.5) is 0 Å². The highest BCUT2D eigenvalue weighted by Gasteiger charge is 2.26. The van der Waals surface area contributed by atoms with Gasteiger partial charge >= 0.3 is 11.9 Å². The molecule has 2 aliphatic carbocycles. The van der Waals surface area contributed by atoms with Crippen LogP contribution in [0.3, 0.4) is 0 Å². The van der Waals surface area contributed by atoms with Gasteiger partial charge in [-0.15, -0.1) is 0 Å². The fraction of sp³-hybridized carbons (Fsp3) is 0.444. The largest absolute Gasteiger partial charge is 0.461 e. The molecule has 3 aromatic carbocycles. The number of benzene rings is 3. The second kappa shape index (κ2) is 13.3. The molecule has 2 aliphatic rings. The smallest absolute Gasteiger partial charge is 0.338 e. The molecular weight excluding hydrogens is 496 g/mol. The van der Waals surface area contributed by atoms with Crippen molar-refractivity contribution in [3.8, 4) is 5.75 Å². The van der Waals surface area contributed by atoms with E-state index in [4.69, 9.17) is 9.47 Å². The van der Waals surface area contributed by atoms with E-state index < -0.39 is 17.9 Å². The SMILES string of the molecule is CC1CCC(c2ccc(OC(=O)C(COC(=O)c3ccc(C4CCC(C)CC4)cc3)c3ccccc3)cc2)CC1. The third-order valence-corrected chi connectivity index (χ3v) is 9.09. The summed E-state index contributed by atoms with van der Waals surface area (Å²) in [5, 5.41) is 0. The maximum absolute atomic E-state index is 13.3. The predicted octanol–water partition coefficient (Wildman–Crippen LogP) is 8.82. The van der Waals surface area contributed by atoms with E-state index >= 15 is 0 Å². The number of carbonyl (C=O) groups is 2. The van der Waals surface area contributed by atoms with Crippen LogP contribution in [-0.2, 0) is 9.53 Å². The Bertz CT molecular complexity index is 1230. The lowest BCUT2D eigenvalue weighted by atomic mass is 9.79. The van der Waals surface area contributed by atoms with Gasteiger partial charge in [-0.25, -0.2) is 4.79 Å². The highest BCUT2D eigenvalue weighted by Crippen LogP contribution is 2.37. The van der Waals surface area contributed by atoms with Crippen LogP contribution >= 0.6 is 0 Å². The average Bonchev–Trinajstić information content (AvgIpc) is 2.99. The maximum atomic E-state index is 13.3. The molecule has 0 N–H and O–H groups in total. The molecule has 0 saturated heterocycles. The summed E-state index contributed by atoms with van der Waals surface area (Å²) in [7, 11) is 0. The van der Waals surface area contributed by atoms with Crippen LogP contribution in [0.1, 0.15) is 110 Å². The maximum Gasteiger partial charge on any atom is 0.338 e. The number of carbonyl (C=O) groups excluding carboxylic acids is 2. The van der Waals surface area contributed by atoms with Gasteiger partial charge in [-0.3, -0.25) is 4.79 Å². The van der Waals surface area contributed by atoms with Crippen molar-refractivity contribution in [3.63, 3.8) is 0 Å². The second-order valence-corrected chi connectivity index (χ2v) is 12.1. The van der Waals surface area contributed by atoms with Crippen molar-refractivity contribution in [3.05, 3.63) is 101 Å². The Morgan fingerprint density at radius 2 is 1.18 bits per heavy atom. The molecule has 40 heavy (non-hydrogen) atoms. The van der Waals surface area contributed by atoms with Gasteiger partial charge in [-0.1, -0.05) is 94.1 Å². The molecule has 1 atom stereocenters. The fourth-order valence-electron chi connectivity index (χ4n) is 6.30. The van der Waals surface area contributed by atoms with Gasteiger partial charge in [0.15, 0.2) is 0 Å². The zero-order valence-corrected chi connectivity index (χ0v) is 23.9. The van der Waals surface area contributed by atoms with E-state index in [0.717, 1.165) is 17.4 Å². The molecule has 4 nitrogen and oxygen atoms in total. The van der Waals surface area contributed by atoms with Crippen molar-refractivity contribution in [2.75, 3.05) is 6.61 Å². The summed E-state index contributed by atoms with van der Waals surface area (Å²) in [5.74, 6) is 1.71. The Kier molecular flexibility index (Phi) is 9.36. The third kappa shape index (κ3) is 7.21. The van der Waals surface area contributed by atoms with E-state index in [-0.39, 0.29) is 6.61 Å². The van der Waals surface area contributed by atoms with Crippen molar-refractivity contribution in [1.29, 1.82) is 0 Å². The summed E-state index contributed by atoms with van der Waals surface area (Å²) in [6.07, 6.45) is 9.88. The zero-order valence-electron chi connectivity index (χ0n) is 23.9. The number of esters is 2. The average molecular weight is 539 g/mol. The fourth-order valence-corrected chi connectivity index (χ4v) is 6.30. The first-order valence-corrected chi connectivity index (χ1v) is 15.1. The van der Waals surface area contributed by atoms with Crippen LogP contribution in [-0.4, -0.2) is 18.5 Å². The molecule has 0 spiro atoms. The Morgan fingerprint density at radius 1 is 0.675 bits per heavy atom. The summed E-state index contributed by atoms with van der Waals surface area (Å²) in [6, 6.07) is 25.1. The predicted molar refractivity (Wildman–Crippen MR) is 159 cm³/mol. The van der Waals surface area contributed by atoms with E-state index in [9.17, 15) is 9.59 Å². The lowest BCUT2D eigenvalue weighted by Gasteiger charge is -2.26. The van der Waals surface area contributed by atoms with Crippen LogP contribution < -0.4 is 4.74 Å². The summed E-state index contributed by atoms with van der Waals surface area (Å²) in [5.41, 5.74) is 3.86. The molecule has 210 valence electrons. The van der Waals surface area contributed by atoms with E-state index in [0.29, 0.717) is 23.1 Å². The lowest BCUT2D eigenvalue weighted by molar-refractivity contribution is -0.137. The molecule has 4 heteroatoms. The van der Waals surface area contributed by atoms with Crippen LogP contribution in [0.15, 0.2) is 78.9 Å². The first-order chi connectivity index (χ1) is 19.5. The molecule has 0 aliphatic heterocycles. The first-order valence-electron chi connectivity index (χ1n) is 15.1. The monoisotopic (exact) mass is 538 g/mol. The lowest BCUT2D eigenvalue weighted by Crippen LogP contribution is -2.24. The molecule has 0 bridgehead atoms.